The van der Waals surface area contributed by atoms with Crippen LogP contribution in [0.3, 0.4) is 0 Å². The lowest BCUT2D eigenvalue weighted by molar-refractivity contribution is 0.0354. The first-order chi connectivity index (χ1) is 8.97. The van der Waals surface area contributed by atoms with Gasteiger partial charge in [0, 0.05) is 25.7 Å². The maximum atomic E-state index is 12.0. The molecule has 1 saturated heterocycles. The lowest BCUT2D eigenvalue weighted by Gasteiger charge is -2.29. The minimum atomic E-state index is -3.63. The second-order valence-corrected chi connectivity index (χ2v) is 7.24. The first-order valence-electron chi connectivity index (χ1n) is 5.89. The molecule has 1 aromatic rings. The number of ether oxygens (including phenoxy) is 1. The van der Waals surface area contributed by atoms with Crippen LogP contribution in [0.25, 0.3) is 0 Å². The highest BCUT2D eigenvalue weighted by Crippen LogP contribution is 2.16. The summed E-state index contributed by atoms with van der Waals surface area (Å²) in [6.45, 7) is 5.46. The number of morpholine rings is 1. The molecule has 108 valence electrons. The number of nitrogen functional groups attached to an aromatic ring is 1. The first kappa shape index (κ1) is 14.6. The van der Waals surface area contributed by atoms with Crippen LogP contribution < -0.4 is 10.5 Å². The second kappa shape index (κ2) is 6.09. The number of nitrogens with one attached hydrogen (secondary N) is 1. The molecule has 2 heterocycles. The molecule has 1 aliphatic heterocycles. The number of nitrogens with two attached hydrogens (primary N) is 1. The molecule has 0 radical (unpaired) electrons. The molecule has 0 bridgehead atoms. The summed E-state index contributed by atoms with van der Waals surface area (Å²) in [6, 6.07) is -0.215. The Hall–Kier alpha value is -0.810. The molecule has 1 aliphatic rings. The fourth-order valence-corrected chi connectivity index (χ4v) is 3.89. The fourth-order valence-electron chi connectivity index (χ4n) is 1.85. The van der Waals surface area contributed by atoms with E-state index in [1.54, 1.807) is 0 Å². The zero-order valence-electron chi connectivity index (χ0n) is 10.6. The zero-order valence-corrected chi connectivity index (χ0v) is 12.2. The van der Waals surface area contributed by atoms with Crippen LogP contribution in [0.5, 0.6) is 0 Å². The van der Waals surface area contributed by atoms with E-state index in [0.717, 1.165) is 24.4 Å². The minimum Gasteiger partial charge on any atom is -0.379 e. The maximum absolute atomic E-state index is 12.0. The van der Waals surface area contributed by atoms with Crippen LogP contribution >= 0.6 is 11.3 Å². The largest absolute Gasteiger partial charge is 0.379 e. The Morgan fingerprint density at radius 2 is 2.16 bits per heavy atom. The molecule has 3 N–H and O–H groups in total. The molecule has 1 atom stereocenters. The third-order valence-electron chi connectivity index (χ3n) is 2.64. The number of hydrogen-bond acceptors (Lipinski definition) is 8. The van der Waals surface area contributed by atoms with E-state index in [2.05, 4.69) is 19.8 Å². The van der Waals surface area contributed by atoms with Gasteiger partial charge in [-0.05, 0) is 6.92 Å². The van der Waals surface area contributed by atoms with Gasteiger partial charge in [-0.15, -0.1) is 10.2 Å². The highest BCUT2D eigenvalue weighted by atomic mass is 32.2. The van der Waals surface area contributed by atoms with E-state index in [1.807, 2.05) is 6.92 Å². The maximum Gasteiger partial charge on any atom is 0.270 e. The normalized spacial score (nSPS) is 19.4. The smallest absolute Gasteiger partial charge is 0.270 e. The quantitative estimate of drug-likeness (QED) is 0.726. The van der Waals surface area contributed by atoms with Gasteiger partial charge in [0.1, 0.15) is 0 Å². The van der Waals surface area contributed by atoms with Crippen LogP contribution in [-0.4, -0.2) is 62.4 Å². The van der Waals surface area contributed by atoms with Crippen molar-refractivity contribution in [3.63, 3.8) is 0 Å². The number of rotatable bonds is 5. The number of nitrogens with zero attached hydrogens (tertiary/aromatic N) is 3. The summed E-state index contributed by atoms with van der Waals surface area (Å²) in [4.78, 5) is 2.16. The monoisotopic (exact) mass is 307 g/mol. The zero-order chi connectivity index (χ0) is 13.9. The van der Waals surface area contributed by atoms with Crippen molar-refractivity contribution >= 4 is 26.5 Å². The third kappa shape index (κ3) is 4.08. The number of sulfonamides is 1. The predicted octanol–water partition coefficient (Wildman–Crippen LogP) is -0.881. The number of anilines is 1. The Morgan fingerprint density at radius 3 is 2.74 bits per heavy atom. The summed E-state index contributed by atoms with van der Waals surface area (Å²) >= 11 is 0.854. The van der Waals surface area contributed by atoms with Gasteiger partial charge in [0.15, 0.2) is 0 Å². The molecule has 19 heavy (non-hydrogen) atoms. The molecule has 8 nitrogen and oxygen atoms in total. The number of hydrogen-bond donors (Lipinski definition) is 2. The Balaban J connectivity index is 1.92. The molecule has 10 heteroatoms. The summed E-state index contributed by atoms with van der Waals surface area (Å²) in [5.41, 5.74) is 5.39. The Labute approximate surface area is 116 Å². The molecule has 0 spiro atoms. The molecule has 0 amide bonds. The van der Waals surface area contributed by atoms with Gasteiger partial charge in [-0.3, -0.25) is 4.90 Å². The van der Waals surface area contributed by atoms with Crippen LogP contribution in [0.1, 0.15) is 6.92 Å². The minimum absolute atomic E-state index is 0.0983. The van der Waals surface area contributed by atoms with Crippen LogP contribution in [0.2, 0.25) is 0 Å². The van der Waals surface area contributed by atoms with Gasteiger partial charge in [-0.25, -0.2) is 13.1 Å². The lowest BCUT2D eigenvalue weighted by atomic mass is 10.3. The van der Waals surface area contributed by atoms with Crippen molar-refractivity contribution in [2.24, 2.45) is 0 Å². The molecule has 1 unspecified atom stereocenters. The van der Waals surface area contributed by atoms with Crippen molar-refractivity contribution in [1.29, 1.82) is 0 Å². The highest BCUT2D eigenvalue weighted by molar-refractivity contribution is 7.91. The van der Waals surface area contributed by atoms with Crippen LogP contribution in [0.15, 0.2) is 4.34 Å². The molecular formula is C9H17N5O3S2. The van der Waals surface area contributed by atoms with E-state index in [4.69, 9.17) is 10.5 Å². The van der Waals surface area contributed by atoms with E-state index < -0.39 is 10.0 Å². The van der Waals surface area contributed by atoms with E-state index in [9.17, 15) is 8.42 Å². The average Bonchev–Trinajstić information content (AvgIpc) is 2.77. The fraction of sp³-hybridized carbons (Fsp3) is 0.778. The van der Waals surface area contributed by atoms with E-state index in [0.29, 0.717) is 19.8 Å². The van der Waals surface area contributed by atoms with Gasteiger partial charge in [0.05, 0.1) is 13.2 Å². The predicted molar refractivity (Wildman–Crippen MR) is 71.4 cm³/mol. The molecule has 0 aliphatic carbocycles. The van der Waals surface area contributed by atoms with E-state index in [-0.39, 0.29) is 15.5 Å². The third-order valence-corrected chi connectivity index (χ3v) is 5.35. The van der Waals surface area contributed by atoms with E-state index in [1.165, 1.54) is 0 Å². The Bertz CT molecular complexity index is 512. The molecule has 0 aromatic carbocycles. The highest BCUT2D eigenvalue weighted by Gasteiger charge is 2.23. The van der Waals surface area contributed by atoms with E-state index >= 15 is 0 Å². The second-order valence-electron chi connectivity index (χ2n) is 4.34. The molecular weight excluding hydrogens is 290 g/mol. The molecule has 2 rings (SSSR count). The van der Waals surface area contributed by atoms with Crippen molar-refractivity contribution in [3.05, 3.63) is 0 Å². The van der Waals surface area contributed by atoms with Crippen LogP contribution in [0.4, 0.5) is 5.13 Å². The van der Waals surface area contributed by atoms with Gasteiger partial charge in [-0.2, -0.15) is 0 Å². The van der Waals surface area contributed by atoms with Gasteiger partial charge < -0.3 is 10.5 Å². The van der Waals surface area contributed by atoms with Gasteiger partial charge in [0.25, 0.3) is 10.0 Å². The van der Waals surface area contributed by atoms with Crippen molar-refractivity contribution < 1.29 is 13.2 Å². The molecule has 1 aromatic heterocycles. The summed E-state index contributed by atoms with van der Waals surface area (Å²) in [6.07, 6.45) is 0. The Morgan fingerprint density at radius 1 is 1.47 bits per heavy atom. The Kier molecular flexibility index (Phi) is 4.68. The van der Waals surface area contributed by atoms with Crippen molar-refractivity contribution in [3.8, 4) is 0 Å². The molecule has 0 saturated carbocycles. The lowest BCUT2D eigenvalue weighted by Crippen LogP contribution is -2.45. The van der Waals surface area contributed by atoms with Crippen molar-refractivity contribution in [1.82, 2.24) is 19.8 Å². The van der Waals surface area contributed by atoms with Gasteiger partial charge >= 0.3 is 0 Å². The first-order valence-corrected chi connectivity index (χ1v) is 8.19. The van der Waals surface area contributed by atoms with Gasteiger partial charge in [-0.1, -0.05) is 11.3 Å². The summed E-state index contributed by atoms with van der Waals surface area (Å²) < 4.78 is 31.7. The van der Waals surface area contributed by atoms with Crippen molar-refractivity contribution in [2.75, 3.05) is 38.6 Å². The average molecular weight is 307 g/mol. The molecule has 1 fully saturated rings. The van der Waals surface area contributed by atoms with Crippen LogP contribution in [0, 0.1) is 0 Å². The standard InChI is InChI=1S/C9H17N5O3S2/c1-7(6-14-2-4-17-5-3-14)13-19(15,16)9-12-11-8(10)18-9/h7,13H,2-6H2,1H3,(H2,10,11). The van der Waals surface area contributed by atoms with Crippen LogP contribution in [-0.2, 0) is 14.8 Å². The summed E-state index contributed by atoms with van der Waals surface area (Å²) in [5, 5.41) is 7.19. The van der Waals surface area contributed by atoms with Gasteiger partial charge in [0.2, 0.25) is 9.47 Å². The summed E-state index contributed by atoms with van der Waals surface area (Å²) in [7, 11) is -3.63. The van der Waals surface area contributed by atoms with Crippen molar-refractivity contribution in [2.45, 2.75) is 17.3 Å². The summed E-state index contributed by atoms with van der Waals surface area (Å²) in [5.74, 6) is 0. The number of aromatic nitrogens is 2. The SMILES string of the molecule is CC(CN1CCOCC1)NS(=O)(=O)c1nnc(N)s1. The topological polar surface area (TPSA) is 110 Å².